The number of aliphatic hydroxyl groups excluding tert-OH is 1. The summed E-state index contributed by atoms with van der Waals surface area (Å²) in [6.07, 6.45) is 5.93. The second kappa shape index (κ2) is 19.2. The summed E-state index contributed by atoms with van der Waals surface area (Å²) in [6, 6.07) is 33.9. The third-order valence-corrected chi connectivity index (χ3v) is 8.09. The van der Waals surface area contributed by atoms with Crippen LogP contribution in [0.3, 0.4) is 0 Å². The number of fused-ring (bicyclic) bond motifs is 2. The molecule has 0 spiro atoms. The smallest absolute Gasteiger partial charge is 0.159 e. The Balaban J connectivity index is 0.000000259. The van der Waals surface area contributed by atoms with E-state index in [9.17, 15) is 4.79 Å². The van der Waals surface area contributed by atoms with Gasteiger partial charge in [0.15, 0.2) is 5.78 Å². The van der Waals surface area contributed by atoms with Gasteiger partial charge in [0, 0.05) is 51.6 Å². The minimum absolute atomic E-state index is 0. The van der Waals surface area contributed by atoms with Crippen LogP contribution in [0.2, 0.25) is 0 Å². The number of nitrogens with zero attached hydrogens (tertiary/aromatic N) is 2. The number of carbonyl (C=O) groups excluding carboxylic acids is 1. The zero-order valence-electron chi connectivity index (χ0n) is 29.9. The summed E-state index contributed by atoms with van der Waals surface area (Å²) in [7, 11) is 0. The number of aliphatic hydroxyl groups is 1. The van der Waals surface area contributed by atoms with Crippen molar-refractivity contribution in [3.05, 3.63) is 143 Å². The van der Waals surface area contributed by atoms with E-state index in [0.717, 1.165) is 50.0 Å². The maximum atomic E-state index is 11.5. The summed E-state index contributed by atoms with van der Waals surface area (Å²) in [4.78, 5) is 20.6. The fraction of sp³-hybridized carbons (Fsp3) is 0.250. The number of pyridine rings is 2. The molecule has 0 aliphatic rings. The Hall–Kier alpha value is -4.52. The fourth-order valence-electron chi connectivity index (χ4n) is 6.05. The molecular formula is C44H44IrN2O4-2. The van der Waals surface area contributed by atoms with Crippen LogP contribution in [-0.4, -0.2) is 40.7 Å². The Morgan fingerprint density at radius 2 is 1.33 bits per heavy atom. The van der Waals surface area contributed by atoms with Crippen molar-refractivity contribution in [2.45, 2.75) is 54.1 Å². The first-order valence-electron chi connectivity index (χ1n) is 17.0. The molecule has 4 aromatic carbocycles. The topological polar surface area (TPSA) is 81.5 Å². The van der Waals surface area contributed by atoms with E-state index in [1.54, 1.807) is 0 Å². The molecule has 6 nitrogen and oxygen atoms in total. The summed E-state index contributed by atoms with van der Waals surface area (Å²) >= 11 is 0. The molecule has 2 heterocycles. The first-order chi connectivity index (χ1) is 24.2. The van der Waals surface area contributed by atoms with Gasteiger partial charge in [0.2, 0.25) is 0 Å². The van der Waals surface area contributed by atoms with Crippen molar-refractivity contribution in [2.75, 3.05) is 19.8 Å². The van der Waals surface area contributed by atoms with E-state index in [2.05, 4.69) is 104 Å². The second-order valence-electron chi connectivity index (χ2n) is 12.6. The zero-order valence-corrected chi connectivity index (χ0v) is 32.3. The summed E-state index contributed by atoms with van der Waals surface area (Å²) < 4.78 is 11.4. The Kier molecular flexibility index (Phi) is 14.8. The second-order valence-corrected chi connectivity index (χ2v) is 12.6. The van der Waals surface area contributed by atoms with Gasteiger partial charge in [-0.05, 0) is 64.0 Å². The molecule has 0 fully saturated rings. The first-order valence-corrected chi connectivity index (χ1v) is 17.0. The monoisotopic (exact) mass is 857 g/mol. The van der Waals surface area contributed by atoms with E-state index in [-0.39, 0.29) is 31.6 Å². The van der Waals surface area contributed by atoms with Crippen LogP contribution in [0.4, 0.5) is 0 Å². The van der Waals surface area contributed by atoms with Crippen LogP contribution in [0.5, 0.6) is 0 Å². The molecule has 0 atom stereocenters. The number of rotatable bonds is 12. The molecule has 265 valence electrons. The number of ether oxygens (including phenoxy) is 2. The van der Waals surface area contributed by atoms with Gasteiger partial charge in [-0.1, -0.05) is 70.2 Å². The van der Waals surface area contributed by atoms with Gasteiger partial charge in [-0.15, -0.1) is 69.8 Å². The maximum absolute atomic E-state index is 11.5. The van der Waals surface area contributed by atoms with Crippen LogP contribution in [-0.2, 0) is 41.0 Å². The molecule has 1 radical (unpaired) electrons. The van der Waals surface area contributed by atoms with Gasteiger partial charge in [-0.3, -0.25) is 4.79 Å². The molecule has 6 rings (SSSR count). The normalized spacial score (nSPS) is 11.2. The molecule has 1 N–H and O–H groups in total. The number of ketones is 1. The van der Waals surface area contributed by atoms with E-state index in [1.165, 1.54) is 34.9 Å². The van der Waals surface area contributed by atoms with Crippen molar-refractivity contribution in [2.24, 2.45) is 0 Å². The third-order valence-electron chi connectivity index (χ3n) is 8.09. The van der Waals surface area contributed by atoms with Crippen LogP contribution in [0.15, 0.2) is 103 Å². The SMILES string of the molecule is CC(O)=CC(=O)CCCOCCOCc1cccc2c(-c3[c-]c(C)cc(C)c3)nccc12.Cc1[c-]c(-c2nccc3ccccc23)cc(C)c1.[Ir]. The summed E-state index contributed by atoms with van der Waals surface area (Å²) in [5, 5.41) is 13.7. The van der Waals surface area contributed by atoms with E-state index in [4.69, 9.17) is 14.6 Å². The largest absolute Gasteiger partial charge is 0.512 e. The predicted molar refractivity (Wildman–Crippen MR) is 202 cm³/mol. The molecule has 0 bridgehead atoms. The van der Waals surface area contributed by atoms with Gasteiger partial charge in [0.25, 0.3) is 0 Å². The Bertz CT molecular complexity index is 2080. The maximum Gasteiger partial charge on any atom is 0.159 e. The van der Waals surface area contributed by atoms with Gasteiger partial charge in [0.05, 0.1) is 25.6 Å². The number of allylic oxidation sites excluding steroid dienone is 2. The van der Waals surface area contributed by atoms with Gasteiger partial charge >= 0.3 is 0 Å². The molecule has 0 amide bonds. The summed E-state index contributed by atoms with van der Waals surface area (Å²) in [5.41, 5.74) is 9.82. The van der Waals surface area contributed by atoms with Crippen LogP contribution >= 0.6 is 0 Å². The number of hydrogen-bond donors (Lipinski definition) is 1. The molecule has 0 aliphatic carbocycles. The number of carbonyl (C=O) groups is 1. The minimum Gasteiger partial charge on any atom is -0.512 e. The van der Waals surface area contributed by atoms with Crippen LogP contribution < -0.4 is 0 Å². The van der Waals surface area contributed by atoms with Gasteiger partial charge in [0.1, 0.15) is 0 Å². The number of benzene rings is 4. The van der Waals surface area contributed by atoms with Gasteiger partial charge in [-0.2, -0.15) is 0 Å². The predicted octanol–water partition coefficient (Wildman–Crippen LogP) is 9.98. The fourth-order valence-corrected chi connectivity index (χ4v) is 6.05. The quantitative estimate of drug-likeness (QED) is 0.0572. The molecular weight excluding hydrogens is 813 g/mol. The zero-order chi connectivity index (χ0) is 35.5. The molecule has 0 saturated heterocycles. The number of aromatic nitrogens is 2. The van der Waals surface area contributed by atoms with Crippen LogP contribution in [0.25, 0.3) is 44.1 Å². The first kappa shape index (κ1) is 39.3. The van der Waals surface area contributed by atoms with Gasteiger partial charge in [-0.25, -0.2) is 0 Å². The van der Waals surface area contributed by atoms with Crippen molar-refractivity contribution >= 4 is 27.3 Å². The van der Waals surface area contributed by atoms with E-state index < -0.39 is 0 Å². The van der Waals surface area contributed by atoms with Gasteiger partial charge < -0.3 is 24.5 Å². The minimum atomic E-state index is -0.0897. The Labute approximate surface area is 314 Å². The molecule has 7 heteroatoms. The van der Waals surface area contributed by atoms with E-state index in [1.807, 2.05) is 37.5 Å². The van der Waals surface area contributed by atoms with Crippen molar-refractivity contribution in [3.8, 4) is 22.5 Å². The molecule has 2 aromatic heterocycles. The number of aryl methyl sites for hydroxylation is 4. The molecule has 0 aliphatic heterocycles. The average Bonchev–Trinajstić information content (AvgIpc) is 3.08. The van der Waals surface area contributed by atoms with E-state index >= 15 is 0 Å². The van der Waals surface area contributed by atoms with Crippen LogP contribution in [0, 0.1) is 39.8 Å². The van der Waals surface area contributed by atoms with Crippen molar-refractivity contribution in [3.63, 3.8) is 0 Å². The van der Waals surface area contributed by atoms with Crippen LogP contribution in [0.1, 0.15) is 47.6 Å². The third kappa shape index (κ3) is 11.2. The Morgan fingerprint density at radius 1 is 0.725 bits per heavy atom. The summed E-state index contributed by atoms with van der Waals surface area (Å²) in [6.45, 7) is 11.7. The number of hydrogen-bond acceptors (Lipinski definition) is 6. The van der Waals surface area contributed by atoms with E-state index in [0.29, 0.717) is 39.3 Å². The Morgan fingerprint density at radius 3 is 2.00 bits per heavy atom. The standard InChI is InChI=1S/C27H30NO4.C17H14N.Ir/c1-19-14-20(2)16-23(15-19)27-26-8-4-6-22(25(26)9-10-28-27)18-32-13-12-31-11-5-7-24(30)17-21(3)29;1-12-9-13(2)11-15(10-12)17-16-6-4-3-5-14(16)7-8-18-17;/h4,6,8-10,14-15,17,29H,5,7,11-13,18H2,1-3H3;3-10H,1-2H3;/q2*-1;. The van der Waals surface area contributed by atoms with Crippen molar-refractivity contribution in [1.82, 2.24) is 9.97 Å². The van der Waals surface area contributed by atoms with Crippen molar-refractivity contribution < 1.29 is 39.5 Å². The molecule has 0 unspecified atom stereocenters. The van der Waals surface area contributed by atoms with Crippen molar-refractivity contribution in [1.29, 1.82) is 0 Å². The summed E-state index contributed by atoms with van der Waals surface area (Å²) in [5.74, 6) is -0.0547. The molecule has 6 aromatic rings. The molecule has 0 saturated carbocycles. The molecule has 51 heavy (non-hydrogen) atoms. The average molecular weight is 857 g/mol.